The molecule has 0 unspecified atom stereocenters. The fraction of sp³-hybridized carbons (Fsp3) is 0.0769. The monoisotopic (exact) mass is 217 g/mol. The van der Waals surface area contributed by atoms with Gasteiger partial charge in [0.1, 0.15) is 12.4 Å². The maximum absolute atomic E-state index is 13.5. The van der Waals surface area contributed by atoms with Crippen LogP contribution in [-0.4, -0.2) is 0 Å². The molecule has 2 aromatic rings. The van der Waals surface area contributed by atoms with E-state index in [9.17, 15) is 4.39 Å². The zero-order valence-electron chi connectivity index (χ0n) is 8.69. The van der Waals surface area contributed by atoms with E-state index in [4.69, 9.17) is 10.5 Å². The molecule has 0 radical (unpaired) electrons. The van der Waals surface area contributed by atoms with Crippen molar-refractivity contribution in [1.82, 2.24) is 0 Å². The molecule has 0 heterocycles. The Hall–Kier alpha value is -2.03. The molecule has 2 nitrogen and oxygen atoms in total. The number of halogens is 1. The molecular weight excluding hydrogens is 205 g/mol. The second-order valence-corrected chi connectivity index (χ2v) is 3.42. The highest BCUT2D eigenvalue weighted by Gasteiger charge is 2.05. The number of para-hydroxylation sites is 1. The smallest absolute Gasteiger partial charge is 0.152 e. The van der Waals surface area contributed by atoms with E-state index in [0.29, 0.717) is 11.3 Å². The van der Waals surface area contributed by atoms with Gasteiger partial charge in [0.05, 0.1) is 5.69 Å². The molecule has 0 aliphatic carbocycles. The molecule has 3 heteroatoms. The van der Waals surface area contributed by atoms with E-state index in [1.807, 2.05) is 30.3 Å². The Bertz CT molecular complexity index is 471. The number of ether oxygens (including phenoxy) is 1. The van der Waals surface area contributed by atoms with E-state index in [1.165, 1.54) is 6.07 Å². The zero-order chi connectivity index (χ0) is 11.4. The maximum Gasteiger partial charge on any atom is 0.152 e. The number of rotatable bonds is 3. The van der Waals surface area contributed by atoms with Crippen molar-refractivity contribution in [3.8, 4) is 5.75 Å². The van der Waals surface area contributed by atoms with Gasteiger partial charge in [-0.1, -0.05) is 30.3 Å². The molecule has 0 amide bonds. The quantitative estimate of drug-likeness (QED) is 0.802. The van der Waals surface area contributed by atoms with Gasteiger partial charge in [-0.05, 0) is 18.2 Å². The van der Waals surface area contributed by atoms with Gasteiger partial charge in [0, 0.05) is 5.56 Å². The lowest BCUT2D eigenvalue weighted by Crippen LogP contribution is -2.01. The van der Waals surface area contributed by atoms with Gasteiger partial charge in [-0.2, -0.15) is 0 Å². The molecule has 16 heavy (non-hydrogen) atoms. The normalized spacial score (nSPS) is 10.1. The van der Waals surface area contributed by atoms with E-state index in [0.717, 1.165) is 0 Å². The second kappa shape index (κ2) is 4.66. The summed E-state index contributed by atoms with van der Waals surface area (Å²) in [6.45, 7) is 0.181. The number of nitrogen functional groups attached to an aromatic ring is 1. The summed E-state index contributed by atoms with van der Waals surface area (Å²) in [5, 5.41) is 0. The van der Waals surface area contributed by atoms with Crippen LogP contribution in [0.2, 0.25) is 0 Å². The Morgan fingerprint density at radius 1 is 1.00 bits per heavy atom. The molecule has 2 N–H and O–H groups in total. The first-order valence-electron chi connectivity index (χ1n) is 4.98. The number of benzene rings is 2. The summed E-state index contributed by atoms with van der Waals surface area (Å²) in [4.78, 5) is 0. The van der Waals surface area contributed by atoms with Crippen molar-refractivity contribution in [1.29, 1.82) is 0 Å². The molecule has 0 atom stereocenters. The highest BCUT2D eigenvalue weighted by Crippen LogP contribution is 2.17. The van der Waals surface area contributed by atoms with Crippen molar-refractivity contribution < 1.29 is 9.13 Å². The molecule has 0 spiro atoms. The minimum absolute atomic E-state index is 0.147. The van der Waals surface area contributed by atoms with Gasteiger partial charge >= 0.3 is 0 Å². The van der Waals surface area contributed by atoms with Crippen molar-refractivity contribution in [2.75, 3.05) is 5.73 Å². The van der Waals surface area contributed by atoms with E-state index in [-0.39, 0.29) is 12.3 Å². The molecular formula is C13H12FNO. The van der Waals surface area contributed by atoms with Gasteiger partial charge < -0.3 is 10.5 Å². The molecule has 0 saturated heterocycles. The van der Waals surface area contributed by atoms with Crippen LogP contribution in [0.3, 0.4) is 0 Å². The standard InChI is InChI=1S/C13H12FNO/c14-13-10(5-4-8-12(13)15)9-16-11-6-2-1-3-7-11/h1-8H,9,15H2. The predicted octanol–water partition coefficient (Wildman–Crippen LogP) is 2.99. The van der Waals surface area contributed by atoms with Crippen molar-refractivity contribution in [2.45, 2.75) is 6.61 Å². The minimum atomic E-state index is -0.404. The first kappa shape index (κ1) is 10.5. The van der Waals surface area contributed by atoms with Crippen molar-refractivity contribution in [3.63, 3.8) is 0 Å². The molecule has 2 aromatic carbocycles. The summed E-state index contributed by atoms with van der Waals surface area (Å²) >= 11 is 0. The first-order chi connectivity index (χ1) is 7.77. The molecule has 0 aromatic heterocycles. The van der Waals surface area contributed by atoms with Crippen LogP contribution < -0.4 is 10.5 Å². The summed E-state index contributed by atoms with van der Waals surface area (Å²) in [5.41, 5.74) is 6.07. The third-order valence-electron chi connectivity index (χ3n) is 2.25. The fourth-order valence-corrected chi connectivity index (χ4v) is 1.39. The topological polar surface area (TPSA) is 35.2 Å². The summed E-state index contributed by atoms with van der Waals surface area (Å²) < 4.78 is 18.9. The third-order valence-corrected chi connectivity index (χ3v) is 2.25. The summed E-state index contributed by atoms with van der Waals surface area (Å²) in [5.74, 6) is 0.308. The van der Waals surface area contributed by atoms with Crippen LogP contribution >= 0.6 is 0 Å². The highest BCUT2D eigenvalue weighted by atomic mass is 19.1. The van der Waals surface area contributed by atoms with Crippen LogP contribution in [0.25, 0.3) is 0 Å². The Labute approximate surface area is 93.5 Å². The molecule has 0 aliphatic rings. The van der Waals surface area contributed by atoms with Crippen LogP contribution in [0.4, 0.5) is 10.1 Å². The van der Waals surface area contributed by atoms with Gasteiger partial charge in [-0.25, -0.2) is 4.39 Å². The van der Waals surface area contributed by atoms with Crippen LogP contribution in [0.1, 0.15) is 5.56 Å². The van der Waals surface area contributed by atoms with Crippen molar-refractivity contribution in [3.05, 3.63) is 59.9 Å². The lowest BCUT2D eigenvalue weighted by Gasteiger charge is -2.07. The SMILES string of the molecule is Nc1cccc(COc2ccccc2)c1F. The minimum Gasteiger partial charge on any atom is -0.489 e. The fourth-order valence-electron chi connectivity index (χ4n) is 1.39. The van der Waals surface area contributed by atoms with E-state index < -0.39 is 5.82 Å². The molecule has 0 fully saturated rings. The van der Waals surface area contributed by atoms with E-state index >= 15 is 0 Å². The third kappa shape index (κ3) is 2.31. The van der Waals surface area contributed by atoms with Gasteiger partial charge in [0.2, 0.25) is 0 Å². The van der Waals surface area contributed by atoms with Gasteiger partial charge in [-0.3, -0.25) is 0 Å². The number of anilines is 1. The summed E-state index contributed by atoms with van der Waals surface area (Å²) in [7, 11) is 0. The predicted molar refractivity (Wildman–Crippen MR) is 61.6 cm³/mol. The largest absolute Gasteiger partial charge is 0.489 e. The lowest BCUT2D eigenvalue weighted by atomic mass is 10.2. The lowest BCUT2D eigenvalue weighted by molar-refractivity contribution is 0.300. The molecule has 2 rings (SSSR count). The Kier molecular flexibility index (Phi) is 3.05. The first-order valence-corrected chi connectivity index (χ1v) is 4.98. The van der Waals surface area contributed by atoms with Crippen LogP contribution in [-0.2, 0) is 6.61 Å². The molecule has 0 bridgehead atoms. The number of hydrogen-bond donors (Lipinski definition) is 1. The van der Waals surface area contributed by atoms with Crippen LogP contribution in [0.15, 0.2) is 48.5 Å². The molecule has 0 aliphatic heterocycles. The summed E-state index contributed by atoms with van der Waals surface area (Å²) in [6, 6.07) is 14.2. The number of nitrogens with two attached hydrogens (primary N) is 1. The zero-order valence-corrected chi connectivity index (χ0v) is 8.69. The van der Waals surface area contributed by atoms with Crippen LogP contribution in [0, 0.1) is 5.82 Å². The van der Waals surface area contributed by atoms with Crippen molar-refractivity contribution >= 4 is 5.69 Å². The maximum atomic E-state index is 13.5. The molecule has 82 valence electrons. The van der Waals surface area contributed by atoms with E-state index in [1.54, 1.807) is 12.1 Å². The van der Waals surface area contributed by atoms with Gasteiger partial charge in [-0.15, -0.1) is 0 Å². The average molecular weight is 217 g/mol. The Morgan fingerprint density at radius 2 is 1.75 bits per heavy atom. The Balaban J connectivity index is 2.08. The van der Waals surface area contributed by atoms with Gasteiger partial charge in [0.15, 0.2) is 5.82 Å². The van der Waals surface area contributed by atoms with Crippen LogP contribution in [0.5, 0.6) is 5.75 Å². The molecule has 0 saturated carbocycles. The van der Waals surface area contributed by atoms with Gasteiger partial charge in [0.25, 0.3) is 0 Å². The van der Waals surface area contributed by atoms with E-state index in [2.05, 4.69) is 0 Å². The highest BCUT2D eigenvalue weighted by molar-refractivity contribution is 5.42. The summed E-state index contributed by atoms with van der Waals surface area (Å²) in [6.07, 6.45) is 0. The number of hydrogen-bond acceptors (Lipinski definition) is 2. The Morgan fingerprint density at radius 3 is 2.50 bits per heavy atom. The van der Waals surface area contributed by atoms with Crippen molar-refractivity contribution in [2.24, 2.45) is 0 Å². The second-order valence-electron chi connectivity index (χ2n) is 3.42. The average Bonchev–Trinajstić information content (AvgIpc) is 2.32.